The molecule has 1 aromatic carbocycles. The minimum absolute atomic E-state index is 0.0495. The highest BCUT2D eigenvalue weighted by Crippen LogP contribution is 2.36. The lowest BCUT2D eigenvalue weighted by Crippen LogP contribution is -2.37. The highest BCUT2D eigenvalue weighted by Gasteiger charge is 2.20. The van der Waals surface area contributed by atoms with Crippen LogP contribution < -0.4 is 9.47 Å². The molecule has 0 unspecified atom stereocenters. The van der Waals surface area contributed by atoms with Crippen LogP contribution in [0.15, 0.2) is 12.1 Å². The number of nitrogens with zero attached hydrogens (tertiary/aromatic N) is 2. The highest BCUT2D eigenvalue weighted by atomic mass is 35.5. The predicted molar refractivity (Wildman–Crippen MR) is 92.9 cm³/mol. The van der Waals surface area contributed by atoms with Crippen LogP contribution in [0.1, 0.15) is 12.0 Å². The smallest absolute Gasteiger partial charge is 0.248 e. The van der Waals surface area contributed by atoms with Crippen molar-refractivity contribution in [2.45, 2.75) is 13.0 Å². The van der Waals surface area contributed by atoms with Crippen molar-refractivity contribution in [1.29, 1.82) is 0 Å². The molecule has 1 fully saturated rings. The lowest BCUT2D eigenvalue weighted by molar-refractivity contribution is -0.135. The van der Waals surface area contributed by atoms with Crippen LogP contribution in [0.2, 0.25) is 5.02 Å². The van der Waals surface area contributed by atoms with Gasteiger partial charge in [-0.05, 0) is 24.1 Å². The van der Waals surface area contributed by atoms with Gasteiger partial charge in [0.25, 0.3) is 0 Å². The van der Waals surface area contributed by atoms with Crippen LogP contribution in [0, 0.1) is 0 Å². The molecule has 0 radical (unpaired) electrons. The third-order valence-electron chi connectivity index (χ3n) is 4.11. The van der Waals surface area contributed by atoms with Gasteiger partial charge in [-0.2, -0.15) is 0 Å². The molecule has 134 valence electrons. The molecule has 1 amide bonds. The van der Waals surface area contributed by atoms with Crippen LogP contribution in [-0.4, -0.2) is 69.8 Å². The Morgan fingerprint density at radius 1 is 1.12 bits per heavy atom. The second kappa shape index (κ2) is 9.11. The molecule has 1 aliphatic heterocycles. The van der Waals surface area contributed by atoms with Crippen molar-refractivity contribution in [3.8, 4) is 11.5 Å². The molecule has 6 nitrogen and oxygen atoms in total. The number of carbonyl (C=O) groups is 1. The van der Waals surface area contributed by atoms with Crippen molar-refractivity contribution in [3.05, 3.63) is 22.7 Å². The summed E-state index contributed by atoms with van der Waals surface area (Å²) in [5.74, 6) is 1.23. The van der Waals surface area contributed by atoms with Crippen LogP contribution in [0.5, 0.6) is 11.5 Å². The quantitative estimate of drug-likeness (QED) is 0.780. The molecule has 24 heavy (non-hydrogen) atoms. The molecule has 0 N–H and O–H groups in total. The Labute approximate surface area is 148 Å². The first-order chi connectivity index (χ1) is 11.6. The number of carbonyl (C=O) groups excluding carboxylic acids is 1. The maximum absolute atomic E-state index is 11.9. The molecule has 1 saturated heterocycles. The molecular weight excluding hydrogens is 332 g/mol. The van der Waals surface area contributed by atoms with Gasteiger partial charge in [0.1, 0.15) is 6.61 Å². The summed E-state index contributed by atoms with van der Waals surface area (Å²) in [6.45, 7) is 4.14. The average molecular weight is 357 g/mol. The summed E-state index contributed by atoms with van der Waals surface area (Å²) in [5, 5.41) is 0.540. The van der Waals surface area contributed by atoms with Crippen molar-refractivity contribution in [1.82, 2.24) is 9.80 Å². The summed E-state index contributed by atoms with van der Waals surface area (Å²) in [7, 11) is 4.72. The van der Waals surface area contributed by atoms with E-state index < -0.39 is 0 Å². The van der Waals surface area contributed by atoms with Crippen molar-refractivity contribution in [2.75, 3.05) is 54.1 Å². The first kappa shape index (κ1) is 18.8. The van der Waals surface area contributed by atoms with Gasteiger partial charge in [0.05, 0.1) is 19.2 Å². The summed E-state index contributed by atoms with van der Waals surface area (Å²) < 4.78 is 15.6. The van der Waals surface area contributed by atoms with Crippen molar-refractivity contribution in [2.24, 2.45) is 0 Å². The number of rotatable bonds is 6. The molecule has 0 bridgehead atoms. The largest absolute Gasteiger partial charge is 0.493 e. The fourth-order valence-electron chi connectivity index (χ4n) is 2.91. The van der Waals surface area contributed by atoms with Gasteiger partial charge in [-0.3, -0.25) is 9.69 Å². The SMILES string of the molecule is COCC(=O)N1CCCN(Cc2cc(Cl)c(OC)c(OC)c2)CC1. The molecule has 0 spiro atoms. The Balaban J connectivity index is 2.01. The number of ether oxygens (including phenoxy) is 3. The topological polar surface area (TPSA) is 51.2 Å². The fourth-order valence-corrected chi connectivity index (χ4v) is 3.22. The highest BCUT2D eigenvalue weighted by molar-refractivity contribution is 6.32. The lowest BCUT2D eigenvalue weighted by atomic mass is 10.2. The third-order valence-corrected chi connectivity index (χ3v) is 4.39. The number of methoxy groups -OCH3 is 3. The van der Waals surface area contributed by atoms with E-state index in [9.17, 15) is 4.79 Å². The first-order valence-electron chi connectivity index (χ1n) is 7.98. The fraction of sp³-hybridized carbons (Fsp3) is 0.588. The van der Waals surface area contributed by atoms with Gasteiger partial charge in [-0.1, -0.05) is 11.6 Å². The standard InChI is InChI=1S/C17H25ClN2O4/c1-22-12-16(21)20-6-4-5-19(7-8-20)11-13-9-14(18)17(24-3)15(10-13)23-2/h9-10H,4-8,11-12H2,1-3H3. The van der Waals surface area contributed by atoms with Gasteiger partial charge in [-0.25, -0.2) is 0 Å². The van der Waals surface area contributed by atoms with E-state index in [1.807, 2.05) is 17.0 Å². The second-order valence-corrected chi connectivity index (χ2v) is 6.16. The van der Waals surface area contributed by atoms with Gasteiger partial charge in [0.15, 0.2) is 11.5 Å². The summed E-state index contributed by atoms with van der Waals surface area (Å²) in [6, 6.07) is 3.85. The van der Waals surface area contributed by atoms with Gasteiger partial charge in [0, 0.05) is 39.8 Å². The number of halogens is 1. The van der Waals surface area contributed by atoms with E-state index in [0.717, 1.165) is 38.2 Å². The minimum atomic E-state index is 0.0495. The maximum atomic E-state index is 11.9. The molecule has 1 aromatic rings. The Hall–Kier alpha value is -1.50. The lowest BCUT2D eigenvalue weighted by Gasteiger charge is -2.22. The third kappa shape index (κ3) is 4.75. The Morgan fingerprint density at radius 3 is 2.58 bits per heavy atom. The zero-order chi connectivity index (χ0) is 17.5. The second-order valence-electron chi connectivity index (χ2n) is 5.76. The molecule has 0 aliphatic carbocycles. The van der Waals surface area contributed by atoms with E-state index in [1.165, 1.54) is 0 Å². The van der Waals surface area contributed by atoms with Crippen LogP contribution >= 0.6 is 11.6 Å². The number of benzene rings is 1. The molecule has 1 heterocycles. The summed E-state index contributed by atoms with van der Waals surface area (Å²) in [6.07, 6.45) is 0.941. The van der Waals surface area contributed by atoms with Crippen LogP contribution in [-0.2, 0) is 16.1 Å². The zero-order valence-corrected chi connectivity index (χ0v) is 15.3. The van der Waals surface area contributed by atoms with E-state index >= 15 is 0 Å². The molecule has 7 heteroatoms. The van der Waals surface area contributed by atoms with E-state index in [-0.39, 0.29) is 12.5 Å². The molecular formula is C17H25ClN2O4. The first-order valence-corrected chi connectivity index (χ1v) is 8.36. The zero-order valence-electron chi connectivity index (χ0n) is 14.5. The molecule has 0 atom stereocenters. The normalized spacial score (nSPS) is 15.9. The van der Waals surface area contributed by atoms with Crippen LogP contribution in [0.4, 0.5) is 0 Å². The van der Waals surface area contributed by atoms with E-state index in [1.54, 1.807) is 21.3 Å². The summed E-state index contributed by atoms with van der Waals surface area (Å²) in [5.41, 5.74) is 1.06. The Bertz CT molecular complexity index is 568. The van der Waals surface area contributed by atoms with E-state index in [0.29, 0.717) is 23.1 Å². The Kier molecular flexibility index (Phi) is 7.15. The van der Waals surface area contributed by atoms with Gasteiger partial charge < -0.3 is 19.1 Å². The molecule has 1 aliphatic rings. The summed E-state index contributed by atoms with van der Waals surface area (Å²) in [4.78, 5) is 16.1. The van der Waals surface area contributed by atoms with E-state index in [4.69, 9.17) is 25.8 Å². The number of hydrogen-bond acceptors (Lipinski definition) is 5. The number of amides is 1. The molecule has 0 aromatic heterocycles. The van der Waals surface area contributed by atoms with E-state index in [2.05, 4.69) is 4.90 Å². The predicted octanol–water partition coefficient (Wildman–Crippen LogP) is 2.04. The van der Waals surface area contributed by atoms with Gasteiger partial charge in [0.2, 0.25) is 5.91 Å². The molecule has 0 saturated carbocycles. The van der Waals surface area contributed by atoms with Crippen molar-refractivity contribution < 1.29 is 19.0 Å². The average Bonchev–Trinajstić information content (AvgIpc) is 2.80. The van der Waals surface area contributed by atoms with Crippen molar-refractivity contribution >= 4 is 17.5 Å². The Morgan fingerprint density at radius 2 is 1.92 bits per heavy atom. The van der Waals surface area contributed by atoms with Crippen LogP contribution in [0.25, 0.3) is 0 Å². The van der Waals surface area contributed by atoms with Gasteiger partial charge >= 0.3 is 0 Å². The monoisotopic (exact) mass is 356 g/mol. The minimum Gasteiger partial charge on any atom is -0.493 e. The maximum Gasteiger partial charge on any atom is 0.248 e. The summed E-state index contributed by atoms with van der Waals surface area (Å²) >= 11 is 6.27. The van der Waals surface area contributed by atoms with Crippen LogP contribution in [0.3, 0.4) is 0 Å². The molecule has 2 rings (SSSR count). The van der Waals surface area contributed by atoms with Gasteiger partial charge in [-0.15, -0.1) is 0 Å². The number of hydrogen-bond donors (Lipinski definition) is 0. The van der Waals surface area contributed by atoms with Crippen molar-refractivity contribution in [3.63, 3.8) is 0 Å².